The van der Waals surface area contributed by atoms with Crippen molar-refractivity contribution in [1.29, 1.82) is 0 Å². The molecule has 7 heteroatoms. The predicted molar refractivity (Wildman–Crippen MR) is 139 cm³/mol. The molecule has 1 aliphatic rings. The van der Waals surface area contributed by atoms with E-state index in [9.17, 15) is 4.79 Å². The first-order valence-electron chi connectivity index (χ1n) is 10.8. The topological polar surface area (TPSA) is 50.8 Å². The number of hydrogen-bond acceptors (Lipinski definition) is 4. The van der Waals surface area contributed by atoms with Crippen LogP contribution in [0.2, 0.25) is 5.02 Å². The zero-order valence-electron chi connectivity index (χ0n) is 19.2. The van der Waals surface area contributed by atoms with Crippen LogP contribution in [0.15, 0.2) is 72.4 Å². The van der Waals surface area contributed by atoms with Gasteiger partial charge in [0, 0.05) is 10.6 Å². The van der Waals surface area contributed by atoms with Crippen molar-refractivity contribution in [2.75, 3.05) is 7.11 Å². The molecule has 0 spiro atoms. The summed E-state index contributed by atoms with van der Waals surface area (Å²) in [5.74, 6) is 1.26. The highest BCUT2D eigenvalue weighted by Crippen LogP contribution is 2.28. The lowest BCUT2D eigenvalue weighted by Gasteiger charge is -2.23. The number of halogens is 1. The number of rotatable bonds is 7. The van der Waals surface area contributed by atoms with Gasteiger partial charge >= 0.3 is 0 Å². The largest absolute Gasteiger partial charge is 0.496 e. The molecule has 1 amide bonds. The summed E-state index contributed by atoms with van der Waals surface area (Å²) in [6, 6.07) is 20.9. The van der Waals surface area contributed by atoms with Crippen LogP contribution in [-0.2, 0) is 11.4 Å². The summed E-state index contributed by atoms with van der Waals surface area (Å²) < 4.78 is 11.5. The Bertz CT molecular complexity index is 1260. The van der Waals surface area contributed by atoms with E-state index in [1.165, 1.54) is 0 Å². The molecule has 1 N–H and O–H groups in total. The van der Waals surface area contributed by atoms with Crippen molar-refractivity contribution in [3.05, 3.63) is 99.7 Å². The summed E-state index contributed by atoms with van der Waals surface area (Å²) in [5.41, 5.74) is 4.08. The van der Waals surface area contributed by atoms with Crippen LogP contribution in [0.25, 0.3) is 6.08 Å². The Morgan fingerprint density at radius 1 is 1.12 bits per heavy atom. The molecule has 4 rings (SSSR count). The first-order chi connectivity index (χ1) is 16.4. The second kappa shape index (κ2) is 10.3. The predicted octanol–water partition coefficient (Wildman–Crippen LogP) is 6.05. The number of thiocarbonyl (C=S) groups is 1. The maximum atomic E-state index is 13.2. The molecule has 1 heterocycles. The molecule has 0 saturated carbocycles. The highest BCUT2D eigenvalue weighted by Gasteiger charge is 2.34. The van der Waals surface area contributed by atoms with E-state index in [1.54, 1.807) is 18.1 Å². The summed E-state index contributed by atoms with van der Waals surface area (Å²) in [5, 5.41) is 4.15. The molecular weight excluding hydrogens is 468 g/mol. The van der Waals surface area contributed by atoms with E-state index in [4.69, 9.17) is 33.3 Å². The van der Waals surface area contributed by atoms with Gasteiger partial charge in [0.2, 0.25) is 0 Å². The van der Waals surface area contributed by atoms with E-state index in [1.807, 2.05) is 80.6 Å². The molecule has 1 fully saturated rings. The SMILES string of the molecule is COc1ccc(/C=C2\NC(=S)N(C(C)c3ccccc3)C2=O)cc1COc1ccc(Cl)c(C)c1. The summed E-state index contributed by atoms with van der Waals surface area (Å²) in [7, 11) is 1.62. The molecule has 5 nitrogen and oxygen atoms in total. The van der Waals surface area contributed by atoms with Gasteiger partial charge in [-0.2, -0.15) is 0 Å². The standard InChI is InChI=1S/C27H25ClN2O3S/c1-17-13-22(10-11-23(17)28)33-16-21-14-19(9-12-25(21)32-3)15-24-26(31)30(27(34)29-24)18(2)20-7-5-4-6-8-20/h4-15,18H,16H2,1-3H3,(H,29,34)/b24-15-. The second-order valence-corrected chi connectivity index (χ2v) is 8.81. The monoisotopic (exact) mass is 492 g/mol. The number of amides is 1. The van der Waals surface area contributed by atoms with Crippen molar-refractivity contribution in [2.24, 2.45) is 0 Å². The van der Waals surface area contributed by atoms with Crippen molar-refractivity contribution in [3.8, 4) is 11.5 Å². The van der Waals surface area contributed by atoms with Crippen LogP contribution in [0.5, 0.6) is 11.5 Å². The number of carbonyl (C=O) groups is 1. The first-order valence-corrected chi connectivity index (χ1v) is 11.6. The van der Waals surface area contributed by atoms with Gasteiger partial charge in [0.15, 0.2) is 5.11 Å². The zero-order valence-corrected chi connectivity index (χ0v) is 20.7. The number of ether oxygens (including phenoxy) is 2. The number of hydrogen-bond donors (Lipinski definition) is 1. The molecule has 3 aromatic carbocycles. The van der Waals surface area contributed by atoms with Crippen LogP contribution >= 0.6 is 23.8 Å². The average Bonchev–Trinajstić information content (AvgIpc) is 3.12. The molecule has 174 valence electrons. The van der Waals surface area contributed by atoms with Gasteiger partial charge in [-0.25, -0.2) is 0 Å². The summed E-state index contributed by atoms with van der Waals surface area (Å²) in [6.45, 7) is 4.20. The van der Waals surface area contributed by atoms with Crippen molar-refractivity contribution in [3.63, 3.8) is 0 Å². The number of aryl methyl sites for hydroxylation is 1. The lowest BCUT2D eigenvalue weighted by atomic mass is 10.1. The minimum Gasteiger partial charge on any atom is -0.496 e. The number of methoxy groups -OCH3 is 1. The maximum Gasteiger partial charge on any atom is 0.277 e. The van der Waals surface area contributed by atoms with E-state index in [2.05, 4.69) is 5.32 Å². The molecule has 1 unspecified atom stereocenters. The smallest absolute Gasteiger partial charge is 0.277 e. The molecule has 0 bridgehead atoms. The average molecular weight is 493 g/mol. The van der Waals surface area contributed by atoms with Gasteiger partial charge in [0.05, 0.1) is 13.2 Å². The molecule has 3 aromatic rings. The van der Waals surface area contributed by atoms with Crippen LogP contribution in [0, 0.1) is 6.92 Å². The molecule has 1 aliphatic heterocycles. The lowest BCUT2D eigenvalue weighted by molar-refractivity contribution is -0.123. The van der Waals surface area contributed by atoms with E-state index in [0.717, 1.165) is 28.0 Å². The number of nitrogens with one attached hydrogen (secondary N) is 1. The van der Waals surface area contributed by atoms with Crippen molar-refractivity contribution in [1.82, 2.24) is 10.2 Å². The third-order valence-electron chi connectivity index (χ3n) is 5.72. The molecule has 0 aromatic heterocycles. The van der Waals surface area contributed by atoms with E-state index >= 15 is 0 Å². The van der Waals surface area contributed by atoms with E-state index in [-0.39, 0.29) is 11.9 Å². The Balaban J connectivity index is 1.55. The number of nitrogens with zero attached hydrogens (tertiary/aromatic N) is 1. The van der Waals surface area contributed by atoms with E-state index in [0.29, 0.717) is 28.2 Å². The highest BCUT2D eigenvalue weighted by molar-refractivity contribution is 7.80. The van der Waals surface area contributed by atoms with Gasteiger partial charge in [0.1, 0.15) is 23.8 Å². The van der Waals surface area contributed by atoms with Crippen molar-refractivity contribution >= 4 is 40.9 Å². The third kappa shape index (κ3) is 5.08. The van der Waals surface area contributed by atoms with Gasteiger partial charge < -0.3 is 14.8 Å². The molecule has 1 atom stereocenters. The fraction of sp³-hybridized carbons (Fsp3) is 0.185. The normalized spacial score (nSPS) is 15.4. The molecule has 0 radical (unpaired) electrons. The Labute approximate surface area is 209 Å². The summed E-state index contributed by atoms with van der Waals surface area (Å²) in [6.07, 6.45) is 1.79. The minimum atomic E-state index is -0.178. The molecule has 34 heavy (non-hydrogen) atoms. The molecular formula is C27H25ClN2O3S. The van der Waals surface area contributed by atoms with Gasteiger partial charge in [-0.3, -0.25) is 9.69 Å². The van der Waals surface area contributed by atoms with Gasteiger partial charge in [-0.15, -0.1) is 0 Å². The van der Waals surface area contributed by atoms with Gasteiger partial charge in [-0.05, 0) is 79.2 Å². The van der Waals surface area contributed by atoms with Gasteiger partial charge in [0.25, 0.3) is 5.91 Å². The third-order valence-corrected chi connectivity index (χ3v) is 6.44. The fourth-order valence-electron chi connectivity index (χ4n) is 3.82. The van der Waals surface area contributed by atoms with Crippen LogP contribution in [0.1, 0.15) is 35.2 Å². The Hall–Kier alpha value is -3.35. The maximum absolute atomic E-state index is 13.2. The van der Waals surface area contributed by atoms with Crippen molar-refractivity contribution in [2.45, 2.75) is 26.5 Å². The summed E-state index contributed by atoms with van der Waals surface area (Å²) in [4.78, 5) is 14.8. The van der Waals surface area contributed by atoms with Crippen LogP contribution in [0.3, 0.4) is 0 Å². The molecule has 1 saturated heterocycles. The van der Waals surface area contributed by atoms with E-state index < -0.39 is 0 Å². The first kappa shape index (κ1) is 23.8. The Morgan fingerprint density at radius 2 is 1.88 bits per heavy atom. The quantitative estimate of drug-likeness (QED) is 0.321. The highest BCUT2D eigenvalue weighted by atomic mass is 35.5. The minimum absolute atomic E-state index is 0.161. The summed E-state index contributed by atoms with van der Waals surface area (Å²) >= 11 is 11.6. The Kier molecular flexibility index (Phi) is 7.20. The second-order valence-electron chi connectivity index (χ2n) is 8.02. The van der Waals surface area contributed by atoms with Crippen LogP contribution in [0.4, 0.5) is 0 Å². The van der Waals surface area contributed by atoms with Crippen LogP contribution in [-0.4, -0.2) is 23.0 Å². The van der Waals surface area contributed by atoms with Gasteiger partial charge in [-0.1, -0.05) is 48.0 Å². The molecule has 0 aliphatic carbocycles. The zero-order chi connectivity index (χ0) is 24.2. The fourth-order valence-corrected chi connectivity index (χ4v) is 4.29. The van der Waals surface area contributed by atoms with Crippen molar-refractivity contribution < 1.29 is 14.3 Å². The number of benzene rings is 3. The Morgan fingerprint density at radius 3 is 2.59 bits per heavy atom. The number of carbonyl (C=O) groups excluding carboxylic acids is 1. The lowest BCUT2D eigenvalue weighted by Crippen LogP contribution is -2.33. The van der Waals surface area contributed by atoms with Crippen LogP contribution < -0.4 is 14.8 Å².